The van der Waals surface area contributed by atoms with Crippen LogP contribution in [0.2, 0.25) is 0 Å². The van der Waals surface area contributed by atoms with E-state index in [1.165, 1.54) is 18.2 Å². The molecule has 0 saturated heterocycles. The van der Waals surface area contributed by atoms with Gasteiger partial charge in [-0.2, -0.15) is 0 Å². The van der Waals surface area contributed by atoms with E-state index in [4.69, 9.17) is 4.74 Å². The first-order valence-electron chi connectivity index (χ1n) is 11.4. The Hall–Kier alpha value is -3.09. The van der Waals surface area contributed by atoms with Crippen LogP contribution >= 0.6 is 0 Å². The molecule has 3 aromatic carbocycles. The molecule has 34 heavy (non-hydrogen) atoms. The molecule has 0 N–H and O–H groups in total. The fourth-order valence-electron chi connectivity index (χ4n) is 4.61. The lowest BCUT2D eigenvalue weighted by Gasteiger charge is -2.29. The van der Waals surface area contributed by atoms with Crippen LogP contribution in [0.4, 0.5) is 22.0 Å². The SMILES string of the molecule is CCC1CCC(c2c(F)cc(-c3ccccc3)c(Oc3ccc(OC(F)(F)F)cc3)c2F)CC1. The Kier molecular flexibility index (Phi) is 7.10. The van der Waals surface area contributed by atoms with Crippen LogP contribution in [-0.2, 0) is 0 Å². The average molecular weight is 476 g/mol. The minimum atomic E-state index is -4.82. The molecule has 0 heterocycles. The molecule has 0 unspecified atom stereocenters. The van der Waals surface area contributed by atoms with Gasteiger partial charge in [-0.05, 0) is 73.4 Å². The molecular formula is C27H25F5O2. The van der Waals surface area contributed by atoms with E-state index in [-0.39, 0.29) is 28.5 Å². The molecule has 4 rings (SSSR count). The maximum absolute atomic E-state index is 15.9. The normalized spacial score (nSPS) is 18.5. The van der Waals surface area contributed by atoms with Gasteiger partial charge in [0.25, 0.3) is 0 Å². The fourth-order valence-corrected chi connectivity index (χ4v) is 4.61. The van der Waals surface area contributed by atoms with Gasteiger partial charge in [0.05, 0.1) is 0 Å². The summed E-state index contributed by atoms with van der Waals surface area (Å²) in [6.45, 7) is 2.12. The zero-order valence-corrected chi connectivity index (χ0v) is 18.7. The van der Waals surface area contributed by atoms with Crippen LogP contribution in [0.25, 0.3) is 11.1 Å². The Balaban J connectivity index is 1.72. The lowest BCUT2D eigenvalue weighted by molar-refractivity contribution is -0.274. The summed E-state index contributed by atoms with van der Waals surface area (Å²) in [4.78, 5) is 0. The van der Waals surface area contributed by atoms with E-state index in [1.54, 1.807) is 30.3 Å². The molecule has 3 aromatic rings. The molecule has 1 aliphatic carbocycles. The molecule has 0 aromatic heterocycles. The molecule has 0 atom stereocenters. The van der Waals surface area contributed by atoms with Crippen LogP contribution in [0.5, 0.6) is 17.2 Å². The van der Waals surface area contributed by atoms with Crippen LogP contribution < -0.4 is 9.47 Å². The quantitative estimate of drug-likeness (QED) is 0.331. The second-order valence-corrected chi connectivity index (χ2v) is 8.58. The summed E-state index contributed by atoms with van der Waals surface area (Å²) in [6.07, 6.45) is -0.556. The second kappa shape index (κ2) is 10.0. The van der Waals surface area contributed by atoms with Crippen LogP contribution in [0.15, 0.2) is 60.7 Å². The Labute approximate surface area is 195 Å². The highest BCUT2D eigenvalue weighted by Gasteiger charge is 2.32. The lowest BCUT2D eigenvalue weighted by atomic mass is 9.77. The predicted octanol–water partition coefficient (Wildman–Crippen LogP) is 9.01. The predicted molar refractivity (Wildman–Crippen MR) is 120 cm³/mol. The van der Waals surface area contributed by atoms with Gasteiger partial charge in [-0.25, -0.2) is 8.78 Å². The van der Waals surface area contributed by atoms with Crippen molar-refractivity contribution in [1.82, 2.24) is 0 Å². The highest BCUT2D eigenvalue weighted by atomic mass is 19.4. The van der Waals surface area contributed by atoms with E-state index in [1.807, 2.05) is 0 Å². The Morgan fingerprint density at radius 3 is 2.06 bits per heavy atom. The third kappa shape index (κ3) is 5.51. The third-order valence-electron chi connectivity index (χ3n) is 6.40. The second-order valence-electron chi connectivity index (χ2n) is 8.58. The van der Waals surface area contributed by atoms with Crippen molar-refractivity contribution in [3.8, 4) is 28.4 Å². The van der Waals surface area contributed by atoms with Gasteiger partial charge in [0.2, 0.25) is 0 Å². The number of hydrogen-bond acceptors (Lipinski definition) is 2. The third-order valence-corrected chi connectivity index (χ3v) is 6.40. The zero-order valence-electron chi connectivity index (χ0n) is 18.7. The van der Waals surface area contributed by atoms with Gasteiger partial charge in [-0.1, -0.05) is 43.7 Å². The van der Waals surface area contributed by atoms with Gasteiger partial charge in [0.1, 0.15) is 17.3 Å². The van der Waals surface area contributed by atoms with Crippen molar-refractivity contribution in [3.63, 3.8) is 0 Å². The Bertz CT molecular complexity index is 1100. The van der Waals surface area contributed by atoms with Crippen molar-refractivity contribution in [1.29, 1.82) is 0 Å². The largest absolute Gasteiger partial charge is 0.573 e. The minimum Gasteiger partial charge on any atom is -0.454 e. The number of benzene rings is 3. The number of rotatable bonds is 6. The van der Waals surface area contributed by atoms with Gasteiger partial charge < -0.3 is 9.47 Å². The van der Waals surface area contributed by atoms with E-state index in [0.29, 0.717) is 24.3 Å². The van der Waals surface area contributed by atoms with Crippen molar-refractivity contribution < 1.29 is 31.4 Å². The molecule has 0 aliphatic heterocycles. The van der Waals surface area contributed by atoms with E-state index in [2.05, 4.69) is 11.7 Å². The van der Waals surface area contributed by atoms with Crippen molar-refractivity contribution in [2.45, 2.75) is 51.3 Å². The fraction of sp³-hybridized carbons (Fsp3) is 0.333. The minimum absolute atomic E-state index is 0.0151. The molecule has 1 aliphatic rings. The van der Waals surface area contributed by atoms with Crippen molar-refractivity contribution in [2.24, 2.45) is 5.92 Å². The molecular weight excluding hydrogens is 451 g/mol. The van der Waals surface area contributed by atoms with Gasteiger partial charge in [-0.15, -0.1) is 13.2 Å². The topological polar surface area (TPSA) is 18.5 Å². The summed E-state index contributed by atoms with van der Waals surface area (Å²) in [5, 5.41) is 0. The lowest BCUT2D eigenvalue weighted by Crippen LogP contribution is -2.17. The first-order chi connectivity index (χ1) is 16.2. The Morgan fingerprint density at radius 2 is 1.47 bits per heavy atom. The van der Waals surface area contributed by atoms with Crippen molar-refractivity contribution in [2.75, 3.05) is 0 Å². The van der Waals surface area contributed by atoms with E-state index < -0.39 is 23.7 Å². The van der Waals surface area contributed by atoms with Gasteiger partial charge in [-0.3, -0.25) is 0 Å². The molecule has 7 heteroatoms. The first-order valence-corrected chi connectivity index (χ1v) is 11.4. The van der Waals surface area contributed by atoms with E-state index in [9.17, 15) is 13.2 Å². The number of ether oxygens (including phenoxy) is 2. The molecule has 180 valence electrons. The zero-order chi connectivity index (χ0) is 24.3. The molecule has 1 fully saturated rings. The van der Waals surface area contributed by atoms with E-state index in [0.717, 1.165) is 31.4 Å². The Morgan fingerprint density at radius 1 is 0.853 bits per heavy atom. The highest BCUT2D eigenvalue weighted by molar-refractivity contribution is 5.72. The summed E-state index contributed by atoms with van der Waals surface area (Å²) < 4.78 is 78.2. The first kappa shape index (κ1) is 24.0. The van der Waals surface area contributed by atoms with Crippen molar-refractivity contribution >= 4 is 0 Å². The standard InChI is InChI=1S/C27H25F5O2/c1-2-17-8-10-19(11-9-17)24-23(28)16-22(18-6-4-3-5-7-18)26(25(24)29)33-20-12-14-21(15-13-20)34-27(30,31)32/h3-7,12-17,19H,2,8-11H2,1H3. The van der Waals surface area contributed by atoms with Gasteiger partial charge in [0.15, 0.2) is 11.6 Å². The summed E-state index contributed by atoms with van der Waals surface area (Å²) in [7, 11) is 0. The smallest absolute Gasteiger partial charge is 0.454 e. The van der Waals surface area contributed by atoms with E-state index >= 15 is 8.78 Å². The van der Waals surface area contributed by atoms with Crippen LogP contribution in [0, 0.1) is 17.6 Å². The monoisotopic (exact) mass is 476 g/mol. The summed E-state index contributed by atoms with van der Waals surface area (Å²) in [6, 6.07) is 14.7. The highest BCUT2D eigenvalue weighted by Crippen LogP contribution is 2.45. The number of halogens is 5. The molecule has 1 saturated carbocycles. The maximum Gasteiger partial charge on any atom is 0.573 e. The molecule has 0 radical (unpaired) electrons. The van der Waals surface area contributed by atoms with Crippen molar-refractivity contribution in [3.05, 3.63) is 77.9 Å². The summed E-state index contributed by atoms with van der Waals surface area (Å²) in [5.41, 5.74) is 0.812. The van der Waals surface area contributed by atoms with Gasteiger partial charge in [0, 0.05) is 11.1 Å². The van der Waals surface area contributed by atoms with Crippen LogP contribution in [0.1, 0.15) is 50.5 Å². The molecule has 2 nitrogen and oxygen atoms in total. The summed E-state index contributed by atoms with van der Waals surface area (Å²) >= 11 is 0. The van der Waals surface area contributed by atoms with Crippen LogP contribution in [-0.4, -0.2) is 6.36 Å². The average Bonchev–Trinajstić information content (AvgIpc) is 2.82. The van der Waals surface area contributed by atoms with Crippen LogP contribution in [0.3, 0.4) is 0 Å². The number of hydrogen-bond donors (Lipinski definition) is 0. The number of alkyl halides is 3. The molecule has 0 spiro atoms. The van der Waals surface area contributed by atoms with Gasteiger partial charge >= 0.3 is 6.36 Å². The molecule has 0 amide bonds. The molecule has 0 bridgehead atoms. The summed E-state index contributed by atoms with van der Waals surface area (Å²) in [5.74, 6) is -1.53. The maximum atomic E-state index is 15.9.